The number of ether oxygens (including phenoxy) is 1. The molecule has 172 valence electrons. The van der Waals surface area contributed by atoms with Crippen molar-refractivity contribution in [3.8, 4) is 27.6 Å². The third kappa shape index (κ3) is 4.85. The first-order valence-corrected chi connectivity index (χ1v) is 12.4. The van der Waals surface area contributed by atoms with Gasteiger partial charge in [-0.15, -0.1) is 22.7 Å². The quantitative estimate of drug-likeness (QED) is 0.322. The van der Waals surface area contributed by atoms with Crippen molar-refractivity contribution in [3.63, 3.8) is 0 Å². The van der Waals surface area contributed by atoms with Crippen LogP contribution in [0.4, 0.5) is 4.39 Å². The van der Waals surface area contributed by atoms with Crippen LogP contribution in [0.2, 0.25) is 0 Å². The molecule has 3 aromatic heterocycles. The molecule has 0 aliphatic rings. The van der Waals surface area contributed by atoms with E-state index >= 15 is 0 Å². The zero-order valence-electron chi connectivity index (χ0n) is 18.3. The summed E-state index contributed by atoms with van der Waals surface area (Å²) in [5, 5.41) is 7.89. The van der Waals surface area contributed by atoms with Gasteiger partial charge in [-0.05, 0) is 48.5 Å². The van der Waals surface area contributed by atoms with Crippen molar-refractivity contribution in [2.75, 3.05) is 13.7 Å². The molecule has 3 heterocycles. The average molecular weight is 493 g/mol. The number of thiazole rings is 2. The molecule has 1 amide bonds. The van der Waals surface area contributed by atoms with E-state index in [1.165, 1.54) is 23.5 Å². The predicted octanol–water partition coefficient (Wildman–Crippen LogP) is 5.24. The highest BCUT2D eigenvalue weighted by Crippen LogP contribution is 2.26. The summed E-state index contributed by atoms with van der Waals surface area (Å²) in [6, 6.07) is 14.0. The number of carbonyl (C=O) groups excluding carboxylic acids is 1. The lowest BCUT2D eigenvalue weighted by molar-refractivity contribution is -0.120. The monoisotopic (exact) mass is 492 g/mol. The van der Waals surface area contributed by atoms with Crippen molar-refractivity contribution in [1.29, 1.82) is 0 Å². The Morgan fingerprint density at radius 1 is 1.03 bits per heavy atom. The Labute approximate surface area is 203 Å². The second-order valence-corrected chi connectivity index (χ2v) is 9.36. The molecule has 5 rings (SSSR count). The van der Waals surface area contributed by atoms with Gasteiger partial charge in [-0.2, -0.15) is 0 Å². The zero-order chi connectivity index (χ0) is 23.5. The number of halogens is 1. The lowest BCUT2D eigenvalue weighted by Gasteiger charge is -2.04. The van der Waals surface area contributed by atoms with Gasteiger partial charge in [0.2, 0.25) is 5.91 Å². The van der Waals surface area contributed by atoms with Gasteiger partial charge in [0.15, 0.2) is 4.96 Å². The first kappa shape index (κ1) is 22.2. The van der Waals surface area contributed by atoms with Crippen LogP contribution in [0.1, 0.15) is 11.4 Å². The zero-order valence-corrected chi connectivity index (χ0v) is 20.0. The summed E-state index contributed by atoms with van der Waals surface area (Å²) in [6.07, 6.45) is 2.81. The Kier molecular flexibility index (Phi) is 6.37. The van der Waals surface area contributed by atoms with Gasteiger partial charge in [-0.25, -0.2) is 14.4 Å². The predicted molar refractivity (Wildman–Crippen MR) is 133 cm³/mol. The van der Waals surface area contributed by atoms with E-state index in [-0.39, 0.29) is 18.1 Å². The first-order valence-electron chi connectivity index (χ1n) is 10.7. The molecule has 1 N–H and O–H groups in total. The maximum absolute atomic E-state index is 13.2. The van der Waals surface area contributed by atoms with Crippen molar-refractivity contribution < 1.29 is 13.9 Å². The average Bonchev–Trinajstić information content (AvgIpc) is 3.57. The molecule has 0 saturated carbocycles. The number of imidazole rings is 1. The van der Waals surface area contributed by atoms with Crippen molar-refractivity contribution in [2.45, 2.75) is 12.8 Å². The lowest BCUT2D eigenvalue weighted by atomic mass is 10.2. The topological polar surface area (TPSA) is 68.5 Å². The standard InChI is InChI=1S/C25H21FN4O2S2/c1-32-21-8-4-17(5-9-21)24-28-19(14-33-24)10-11-27-23(31)12-20-15-34-25-29-22(13-30(20)25)16-2-6-18(26)7-3-16/h2-9,13-15H,10-12H2,1H3,(H,27,31). The molecule has 0 bridgehead atoms. The fourth-order valence-corrected chi connectivity index (χ4v) is 5.29. The van der Waals surface area contributed by atoms with Crippen LogP contribution in [0, 0.1) is 5.82 Å². The van der Waals surface area contributed by atoms with Gasteiger partial charge < -0.3 is 10.1 Å². The van der Waals surface area contributed by atoms with Gasteiger partial charge >= 0.3 is 0 Å². The second kappa shape index (κ2) is 9.74. The number of rotatable bonds is 8. The van der Waals surface area contributed by atoms with E-state index in [2.05, 4.69) is 15.3 Å². The normalized spacial score (nSPS) is 11.1. The van der Waals surface area contributed by atoms with Gasteiger partial charge in [0.25, 0.3) is 0 Å². The van der Waals surface area contributed by atoms with E-state index in [0.717, 1.165) is 43.9 Å². The number of nitrogens with one attached hydrogen (secondary N) is 1. The fraction of sp³-hybridized carbons (Fsp3) is 0.160. The molecule has 0 aliphatic heterocycles. The molecule has 6 nitrogen and oxygen atoms in total. The van der Waals surface area contributed by atoms with Gasteiger partial charge in [-0.1, -0.05) is 0 Å². The highest BCUT2D eigenvalue weighted by Gasteiger charge is 2.13. The Balaban J connectivity index is 1.17. The Bertz CT molecular complexity index is 1420. The minimum Gasteiger partial charge on any atom is -0.497 e. The van der Waals surface area contributed by atoms with Crippen LogP contribution in [0.25, 0.3) is 26.8 Å². The number of amides is 1. The number of aromatic nitrogens is 3. The van der Waals surface area contributed by atoms with Gasteiger partial charge in [0.1, 0.15) is 16.6 Å². The largest absolute Gasteiger partial charge is 0.497 e. The van der Waals surface area contributed by atoms with Crippen molar-refractivity contribution in [3.05, 3.63) is 82.7 Å². The number of hydrogen-bond donors (Lipinski definition) is 1. The minimum atomic E-state index is -0.281. The molecule has 34 heavy (non-hydrogen) atoms. The first-order chi connectivity index (χ1) is 16.6. The maximum atomic E-state index is 13.2. The summed E-state index contributed by atoms with van der Waals surface area (Å²) < 4.78 is 20.3. The molecule has 0 radical (unpaired) electrons. The van der Waals surface area contributed by atoms with Crippen LogP contribution in [0.5, 0.6) is 5.75 Å². The van der Waals surface area contributed by atoms with Crippen LogP contribution in [0.15, 0.2) is 65.5 Å². The fourth-order valence-electron chi connectivity index (χ4n) is 3.56. The summed E-state index contributed by atoms with van der Waals surface area (Å²) >= 11 is 3.07. The maximum Gasteiger partial charge on any atom is 0.225 e. The van der Waals surface area contributed by atoms with E-state index < -0.39 is 0 Å². The number of fused-ring (bicyclic) bond motifs is 1. The number of methoxy groups -OCH3 is 1. The molecule has 0 atom stereocenters. The van der Waals surface area contributed by atoms with Gasteiger partial charge in [0.05, 0.1) is 24.9 Å². The van der Waals surface area contributed by atoms with E-state index in [9.17, 15) is 9.18 Å². The molecular weight excluding hydrogens is 471 g/mol. The van der Waals surface area contributed by atoms with E-state index in [1.807, 2.05) is 45.6 Å². The van der Waals surface area contributed by atoms with Crippen molar-refractivity contribution in [1.82, 2.24) is 19.7 Å². The Hall–Kier alpha value is -3.56. The second-order valence-electron chi connectivity index (χ2n) is 7.66. The number of benzene rings is 2. The van der Waals surface area contributed by atoms with Crippen LogP contribution >= 0.6 is 22.7 Å². The molecule has 5 aromatic rings. The van der Waals surface area contributed by atoms with Gasteiger partial charge in [0, 0.05) is 46.7 Å². The van der Waals surface area contributed by atoms with Gasteiger partial charge in [-0.3, -0.25) is 9.20 Å². The van der Waals surface area contributed by atoms with Crippen LogP contribution < -0.4 is 10.1 Å². The smallest absolute Gasteiger partial charge is 0.225 e. The SMILES string of the molecule is COc1ccc(-c2nc(CCNC(=O)Cc3csc4nc(-c5ccc(F)cc5)cn34)cs2)cc1. The lowest BCUT2D eigenvalue weighted by Crippen LogP contribution is -2.27. The third-order valence-corrected chi connectivity index (χ3v) is 7.19. The summed E-state index contributed by atoms with van der Waals surface area (Å²) in [4.78, 5) is 22.6. The summed E-state index contributed by atoms with van der Waals surface area (Å²) in [6.45, 7) is 0.517. The van der Waals surface area contributed by atoms with Crippen molar-refractivity contribution >= 4 is 33.5 Å². The number of nitrogens with zero attached hydrogens (tertiary/aromatic N) is 3. The molecule has 0 unspecified atom stereocenters. The highest BCUT2D eigenvalue weighted by molar-refractivity contribution is 7.15. The molecule has 0 aliphatic carbocycles. The van der Waals surface area contributed by atoms with Crippen LogP contribution in [-0.4, -0.2) is 33.9 Å². The Morgan fingerprint density at radius 2 is 1.79 bits per heavy atom. The third-order valence-electron chi connectivity index (χ3n) is 5.36. The number of carbonyl (C=O) groups is 1. The molecule has 0 spiro atoms. The molecular formula is C25H21FN4O2S2. The van der Waals surface area contributed by atoms with E-state index in [1.54, 1.807) is 30.6 Å². The molecule has 2 aromatic carbocycles. The van der Waals surface area contributed by atoms with Crippen molar-refractivity contribution in [2.24, 2.45) is 0 Å². The molecule has 0 fully saturated rings. The summed E-state index contributed by atoms with van der Waals surface area (Å²) in [5.74, 6) is 0.479. The molecule has 9 heteroatoms. The molecule has 0 saturated heterocycles. The van der Waals surface area contributed by atoms with E-state index in [0.29, 0.717) is 13.0 Å². The van der Waals surface area contributed by atoms with Crippen LogP contribution in [-0.2, 0) is 17.6 Å². The summed E-state index contributed by atoms with van der Waals surface area (Å²) in [5.41, 5.74) is 4.46. The highest BCUT2D eigenvalue weighted by atomic mass is 32.1. The van der Waals surface area contributed by atoms with E-state index in [4.69, 9.17) is 4.74 Å². The number of hydrogen-bond acceptors (Lipinski definition) is 6. The summed E-state index contributed by atoms with van der Waals surface area (Å²) in [7, 11) is 1.65. The minimum absolute atomic E-state index is 0.0534. The van der Waals surface area contributed by atoms with Crippen LogP contribution in [0.3, 0.4) is 0 Å². The Morgan fingerprint density at radius 3 is 2.56 bits per heavy atom.